The molecule has 1 saturated heterocycles. The van der Waals surface area contributed by atoms with Crippen LogP contribution in [0.3, 0.4) is 0 Å². The zero-order valence-corrected chi connectivity index (χ0v) is 17.8. The fourth-order valence-corrected chi connectivity index (χ4v) is 4.67. The van der Waals surface area contributed by atoms with Crippen LogP contribution in [0, 0.1) is 0 Å². The average molecular weight is 432 g/mol. The lowest BCUT2D eigenvalue weighted by atomic mass is 9.89. The van der Waals surface area contributed by atoms with Crippen molar-refractivity contribution in [3.8, 4) is 0 Å². The number of fused-ring (bicyclic) bond motifs is 1. The molecule has 0 atom stereocenters. The Morgan fingerprint density at radius 3 is 2.55 bits per heavy atom. The van der Waals surface area contributed by atoms with E-state index in [1.165, 1.54) is 0 Å². The van der Waals surface area contributed by atoms with Gasteiger partial charge in [0.25, 0.3) is 11.8 Å². The van der Waals surface area contributed by atoms with Crippen LogP contribution in [0.5, 0.6) is 0 Å². The fraction of sp³-hybridized carbons (Fsp3) is 0.364. The van der Waals surface area contributed by atoms with Gasteiger partial charge >= 0.3 is 0 Å². The van der Waals surface area contributed by atoms with Crippen LogP contribution in [0.25, 0.3) is 0 Å². The second kappa shape index (κ2) is 7.88. The Morgan fingerprint density at radius 1 is 1.14 bits per heavy atom. The van der Waals surface area contributed by atoms with E-state index in [-0.39, 0.29) is 11.8 Å². The maximum Gasteiger partial charge on any atom is 0.257 e. The molecule has 152 valence electrons. The Balaban J connectivity index is 1.59. The molecule has 2 aromatic carbocycles. The third kappa shape index (κ3) is 3.58. The monoisotopic (exact) mass is 431 g/mol. The smallest absolute Gasteiger partial charge is 0.257 e. The summed E-state index contributed by atoms with van der Waals surface area (Å²) in [5, 5.41) is 4.64. The molecule has 5 nitrogen and oxygen atoms in total. The number of rotatable bonds is 3. The molecule has 1 spiro atoms. The third-order valence-corrected chi connectivity index (χ3v) is 6.34. The highest BCUT2D eigenvalue weighted by Gasteiger charge is 2.46. The number of likely N-dealkylation sites (tertiary alicyclic amines) is 1. The number of amides is 2. The molecule has 2 amide bonds. The Hall–Kier alpha value is -2.24. The number of benzene rings is 2. The van der Waals surface area contributed by atoms with Crippen LogP contribution in [-0.4, -0.2) is 46.9 Å². The fourth-order valence-electron chi connectivity index (χ4n) is 4.28. The predicted molar refractivity (Wildman–Crippen MR) is 116 cm³/mol. The molecule has 7 heteroatoms. The van der Waals surface area contributed by atoms with E-state index >= 15 is 0 Å². The van der Waals surface area contributed by atoms with E-state index in [2.05, 4.69) is 12.2 Å². The van der Waals surface area contributed by atoms with Gasteiger partial charge in [-0.15, -0.1) is 0 Å². The molecule has 29 heavy (non-hydrogen) atoms. The van der Waals surface area contributed by atoms with Crippen molar-refractivity contribution in [3.63, 3.8) is 0 Å². The topological polar surface area (TPSA) is 52.7 Å². The van der Waals surface area contributed by atoms with Crippen LogP contribution < -0.4 is 5.32 Å². The van der Waals surface area contributed by atoms with Crippen molar-refractivity contribution in [1.29, 1.82) is 0 Å². The maximum absolute atomic E-state index is 13.2. The molecule has 0 bridgehead atoms. The largest absolute Gasteiger partial charge is 0.362 e. The minimum atomic E-state index is -0.512. The summed E-state index contributed by atoms with van der Waals surface area (Å²) < 4.78 is 0. The molecule has 2 aromatic rings. The van der Waals surface area contributed by atoms with Crippen LogP contribution >= 0.6 is 23.2 Å². The molecule has 2 aliphatic rings. The number of anilines is 1. The molecule has 2 heterocycles. The van der Waals surface area contributed by atoms with Gasteiger partial charge in [-0.05, 0) is 36.8 Å². The molecule has 2 aliphatic heterocycles. The molecule has 0 saturated carbocycles. The third-order valence-electron chi connectivity index (χ3n) is 5.77. The molecule has 0 aliphatic carbocycles. The number of nitrogens with one attached hydrogen (secondary N) is 1. The summed E-state index contributed by atoms with van der Waals surface area (Å²) in [6.07, 6.45) is 2.14. The number of hydrogen-bond acceptors (Lipinski definition) is 3. The van der Waals surface area contributed by atoms with E-state index in [1.54, 1.807) is 30.3 Å². The highest BCUT2D eigenvalue weighted by atomic mass is 35.5. The van der Waals surface area contributed by atoms with E-state index in [1.807, 2.05) is 21.9 Å². The SMILES string of the molecule is CCCN1C(=O)c2ccc(Cl)cc2NC12CCN(C(=O)c1ccccc1Cl)CC2. The number of carbonyl (C=O) groups is 2. The Bertz CT molecular complexity index is 955. The van der Waals surface area contributed by atoms with Crippen molar-refractivity contribution >= 4 is 40.7 Å². The standard InChI is InChI=1S/C22H23Cl2N3O2/c1-2-11-27-21(29)17-8-7-15(23)14-19(17)25-22(27)9-12-26(13-10-22)20(28)16-5-3-4-6-18(16)24/h3-8,14,25H,2,9-13H2,1H3. The first-order valence-electron chi connectivity index (χ1n) is 9.89. The van der Waals surface area contributed by atoms with Gasteiger partial charge in [-0.3, -0.25) is 9.59 Å². The quantitative estimate of drug-likeness (QED) is 0.751. The molecule has 4 rings (SSSR count). The summed E-state index contributed by atoms with van der Waals surface area (Å²) in [5.74, 6) is -0.0544. The number of carbonyl (C=O) groups excluding carboxylic acids is 2. The molecule has 1 N–H and O–H groups in total. The normalized spacial score (nSPS) is 17.8. The van der Waals surface area contributed by atoms with Crippen molar-refractivity contribution in [2.45, 2.75) is 31.8 Å². The van der Waals surface area contributed by atoms with Crippen molar-refractivity contribution < 1.29 is 9.59 Å². The summed E-state index contributed by atoms with van der Waals surface area (Å²) >= 11 is 12.4. The van der Waals surface area contributed by atoms with Gasteiger partial charge in [0.2, 0.25) is 0 Å². The second-order valence-corrected chi connectivity index (χ2v) is 8.42. The molecular formula is C22H23Cl2N3O2. The van der Waals surface area contributed by atoms with Crippen molar-refractivity contribution in [3.05, 3.63) is 63.6 Å². The minimum absolute atomic E-state index is 0.0168. The summed E-state index contributed by atoms with van der Waals surface area (Å²) in [6, 6.07) is 12.4. The average Bonchev–Trinajstić information content (AvgIpc) is 2.71. The highest BCUT2D eigenvalue weighted by molar-refractivity contribution is 6.33. The van der Waals surface area contributed by atoms with Gasteiger partial charge in [-0.2, -0.15) is 0 Å². The zero-order valence-electron chi connectivity index (χ0n) is 16.3. The second-order valence-electron chi connectivity index (χ2n) is 7.58. The molecule has 1 fully saturated rings. The number of piperidine rings is 1. The van der Waals surface area contributed by atoms with E-state index in [0.717, 1.165) is 12.1 Å². The van der Waals surface area contributed by atoms with Crippen LogP contribution in [0.1, 0.15) is 46.9 Å². The molecular weight excluding hydrogens is 409 g/mol. The number of halogens is 2. The number of nitrogens with zero attached hydrogens (tertiary/aromatic N) is 2. The Labute approximate surface area is 180 Å². The first kappa shape index (κ1) is 20.0. The molecule has 0 aromatic heterocycles. The van der Waals surface area contributed by atoms with Crippen LogP contribution in [0.2, 0.25) is 10.0 Å². The van der Waals surface area contributed by atoms with E-state index in [0.29, 0.717) is 53.6 Å². The van der Waals surface area contributed by atoms with E-state index in [9.17, 15) is 9.59 Å². The zero-order chi connectivity index (χ0) is 20.6. The summed E-state index contributed by atoms with van der Waals surface area (Å²) in [5.41, 5.74) is 1.41. The minimum Gasteiger partial charge on any atom is -0.362 e. The maximum atomic E-state index is 13.2. The summed E-state index contributed by atoms with van der Waals surface area (Å²) in [6.45, 7) is 3.81. The van der Waals surface area contributed by atoms with Gasteiger partial charge in [0.15, 0.2) is 0 Å². The van der Waals surface area contributed by atoms with Crippen molar-refractivity contribution in [1.82, 2.24) is 9.80 Å². The summed E-state index contributed by atoms with van der Waals surface area (Å²) in [7, 11) is 0. The lowest BCUT2D eigenvalue weighted by molar-refractivity contribution is 0.0259. The predicted octanol–water partition coefficient (Wildman–Crippen LogP) is 4.90. The van der Waals surface area contributed by atoms with Crippen molar-refractivity contribution in [2.75, 3.05) is 25.0 Å². The van der Waals surface area contributed by atoms with Crippen molar-refractivity contribution in [2.24, 2.45) is 0 Å². The van der Waals surface area contributed by atoms with Gasteiger partial charge in [0.1, 0.15) is 5.66 Å². The van der Waals surface area contributed by atoms with Crippen LogP contribution in [-0.2, 0) is 0 Å². The molecule has 0 unspecified atom stereocenters. The van der Waals surface area contributed by atoms with Gasteiger partial charge in [0.05, 0.1) is 21.8 Å². The Kier molecular flexibility index (Phi) is 5.45. The van der Waals surface area contributed by atoms with E-state index < -0.39 is 5.66 Å². The first-order valence-corrected chi connectivity index (χ1v) is 10.6. The van der Waals surface area contributed by atoms with E-state index in [4.69, 9.17) is 23.2 Å². The van der Waals surface area contributed by atoms with Gasteiger partial charge in [0, 0.05) is 37.5 Å². The molecule has 0 radical (unpaired) electrons. The summed E-state index contributed by atoms with van der Waals surface area (Å²) in [4.78, 5) is 29.9. The van der Waals surface area contributed by atoms with Gasteiger partial charge in [-0.25, -0.2) is 0 Å². The van der Waals surface area contributed by atoms with Gasteiger partial charge in [-0.1, -0.05) is 42.3 Å². The first-order chi connectivity index (χ1) is 13.9. The lowest BCUT2D eigenvalue weighted by Crippen LogP contribution is -2.64. The Morgan fingerprint density at radius 2 is 1.86 bits per heavy atom. The van der Waals surface area contributed by atoms with Crippen LogP contribution in [0.4, 0.5) is 5.69 Å². The number of hydrogen-bond donors (Lipinski definition) is 1. The van der Waals surface area contributed by atoms with Gasteiger partial charge < -0.3 is 15.1 Å². The van der Waals surface area contributed by atoms with Crippen LogP contribution in [0.15, 0.2) is 42.5 Å². The lowest BCUT2D eigenvalue weighted by Gasteiger charge is -2.52. The highest BCUT2D eigenvalue weighted by Crippen LogP contribution is 2.39.